The zero-order chi connectivity index (χ0) is 20.8. The van der Waals surface area contributed by atoms with Crippen LogP contribution in [0.5, 0.6) is 0 Å². The fourth-order valence-electron chi connectivity index (χ4n) is 2.52. The molecule has 1 fully saturated rings. The van der Waals surface area contributed by atoms with Crippen molar-refractivity contribution in [2.45, 2.75) is 24.2 Å². The molecule has 0 aliphatic carbocycles. The van der Waals surface area contributed by atoms with E-state index < -0.39 is 25.9 Å². The van der Waals surface area contributed by atoms with Gasteiger partial charge < -0.3 is 20.6 Å². The number of sulfone groups is 1. The largest absolute Gasteiger partial charge is 0.370 e. The number of rotatable bonds is 4. The van der Waals surface area contributed by atoms with Crippen LogP contribution in [0.25, 0.3) is 0 Å². The molecule has 1 aromatic rings. The molecule has 2 rings (SSSR count). The zero-order valence-corrected chi connectivity index (χ0v) is 16.8. The lowest BCUT2D eigenvalue weighted by Gasteiger charge is -2.30. The van der Waals surface area contributed by atoms with E-state index in [2.05, 4.69) is 15.7 Å². The summed E-state index contributed by atoms with van der Waals surface area (Å²) in [5, 5.41) is 6.06. The highest BCUT2D eigenvalue weighted by Crippen LogP contribution is 2.29. The van der Waals surface area contributed by atoms with Gasteiger partial charge in [-0.1, -0.05) is 0 Å². The fourth-order valence-corrected chi connectivity index (χ4v) is 3.81. The van der Waals surface area contributed by atoms with Gasteiger partial charge in [0.15, 0.2) is 15.8 Å². The van der Waals surface area contributed by atoms with E-state index in [1.165, 1.54) is 18.2 Å². The number of nitrogens with two attached hydrogens (primary N) is 2. The van der Waals surface area contributed by atoms with E-state index in [1.807, 2.05) is 4.90 Å². The fraction of sp³-hybridized carbons (Fsp3) is 0.467. The Morgan fingerprint density at radius 2 is 1.59 bits per heavy atom. The summed E-state index contributed by atoms with van der Waals surface area (Å²) in [5.74, 6) is -1.43. The molecule has 0 atom stereocenters. The molecule has 152 valence electrons. The van der Waals surface area contributed by atoms with Crippen LogP contribution in [0.4, 0.5) is 5.69 Å². The number of hydrogen-bond acceptors (Lipinski definition) is 8. The molecule has 0 saturated carbocycles. The molecule has 1 aromatic carbocycles. The van der Waals surface area contributed by atoms with E-state index in [0.29, 0.717) is 5.69 Å². The van der Waals surface area contributed by atoms with Crippen LogP contribution in [0.15, 0.2) is 23.1 Å². The first-order valence-electron chi connectivity index (χ1n) is 7.93. The molecular weight excluding hydrogens is 396 g/mol. The molecule has 10 nitrogen and oxygen atoms in total. The number of carbonyl (C=O) groups is 1. The summed E-state index contributed by atoms with van der Waals surface area (Å²) in [4.78, 5) is 13.8. The number of piperidine rings is 1. The Balaban J connectivity index is 0.000000828. The smallest absolute Gasteiger partial charge is 0.353 e. The number of carbonyl (C=O) groups excluding carboxylic acids is 1. The monoisotopic (exact) mass is 420 g/mol. The van der Waals surface area contributed by atoms with Gasteiger partial charge in [0.2, 0.25) is 0 Å². The topological polar surface area (TPSA) is 174 Å². The van der Waals surface area contributed by atoms with Crippen molar-refractivity contribution in [3.05, 3.63) is 23.8 Å². The number of hydrogen-bond donors (Lipinski definition) is 3. The molecule has 0 amide bonds. The Morgan fingerprint density at radius 1 is 1.07 bits per heavy atom. The van der Waals surface area contributed by atoms with Gasteiger partial charge in [0.05, 0.1) is 22.4 Å². The number of nitrogens with one attached hydrogen (secondary N) is 1. The molecule has 0 radical (unpaired) electrons. The van der Waals surface area contributed by atoms with Crippen molar-refractivity contribution in [3.8, 4) is 0 Å². The molecule has 1 aliphatic rings. The maximum Gasteiger partial charge on any atom is 0.353 e. The van der Waals surface area contributed by atoms with Crippen LogP contribution >= 0.6 is 0 Å². The van der Waals surface area contributed by atoms with Crippen molar-refractivity contribution >= 4 is 37.6 Å². The van der Waals surface area contributed by atoms with Gasteiger partial charge in [0.25, 0.3) is 0 Å². The Hall–Kier alpha value is -2.34. The molecule has 0 spiro atoms. The molecule has 12 heteroatoms. The molecule has 1 aliphatic heterocycles. The third-order valence-electron chi connectivity index (χ3n) is 3.52. The van der Waals surface area contributed by atoms with Gasteiger partial charge in [-0.15, -0.1) is 0 Å². The highest BCUT2D eigenvalue weighted by Gasteiger charge is 2.23. The first kappa shape index (κ1) is 22.7. The minimum Gasteiger partial charge on any atom is -0.370 e. The maximum absolute atomic E-state index is 12.1. The second-order valence-electron chi connectivity index (χ2n) is 6.03. The molecule has 27 heavy (non-hydrogen) atoms. The highest BCUT2D eigenvalue weighted by atomic mass is 32.2. The molecule has 1 saturated heterocycles. The predicted molar refractivity (Wildman–Crippen MR) is 102 cm³/mol. The van der Waals surface area contributed by atoms with Gasteiger partial charge in [-0.25, -0.2) is 13.2 Å². The normalized spacial score (nSPS) is 14.7. The van der Waals surface area contributed by atoms with Crippen LogP contribution < -0.4 is 16.4 Å². The van der Waals surface area contributed by atoms with Crippen LogP contribution in [0.3, 0.4) is 0 Å². The standard InChI is InChI=1S/C14H19NO6S2.CH5N3/c1-22(17,18)13-10-11(14(16)21-23(2,19)20)6-7-12(13)15-8-4-3-5-9-15;2-1(3)4/h6-7,10H,3-5,8-9H2,1-2H3;(H5,2,3,4). The van der Waals surface area contributed by atoms with Gasteiger partial charge in [-0.2, -0.15) is 8.42 Å². The number of nitrogens with zero attached hydrogens (tertiary/aromatic N) is 1. The lowest BCUT2D eigenvalue weighted by Crippen LogP contribution is -2.30. The van der Waals surface area contributed by atoms with Gasteiger partial charge in [0.1, 0.15) is 0 Å². The van der Waals surface area contributed by atoms with Gasteiger partial charge in [-0.05, 0) is 37.5 Å². The average Bonchev–Trinajstić information content (AvgIpc) is 2.52. The summed E-state index contributed by atoms with van der Waals surface area (Å²) in [7, 11) is -7.54. The molecule has 1 heterocycles. The summed E-state index contributed by atoms with van der Waals surface area (Å²) in [5.41, 5.74) is 9.36. The highest BCUT2D eigenvalue weighted by molar-refractivity contribution is 7.90. The third-order valence-corrected chi connectivity index (χ3v) is 5.10. The van der Waals surface area contributed by atoms with Crippen molar-refractivity contribution < 1.29 is 25.8 Å². The predicted octanol–water partition coefficient (Wildman–Crippen LogP) is 0.0354. The molecular formula is C15H24N4O6S2. The molecule has 0 aromatic heterocycles. The van der Waals surface area contributed by atoms with E-state index in [0.717, 1.165) is 44.9 Å². The summed E-state index contributed by atoms with van der Waals surface area (Å²) < 4.78 is 50.5. The number of guanidine groups is 1. The third kappa shape index (κ3) is 7.83. The summed E-state index contributed by atoms with van der Waals surface area (Å²) >= 11 is 0. The first-order chi connectivity index (χ1) is 12.3. The van der Waals surface area contributed by atoms with E-state index in [-0.39, 0.29) is 16.4 Å². The van der Waals surface area contributed by atoms with Crippen LogP contribution in [0, 0.1) is 5.41 Å². The Labute approximate surface area is 159 Å². The van der Waals surface area contributed by atoms with Crippen molar-refractivity contribution in [2.24, 2.45) is 11.5 Å². The van der Waals surface area contributed by atoms with Crippen molar-refractivity contribution in [3.63, 3.8) is 0 Å². The lowest BCUT2D eigenvalue weighted by atomic mass is 10.1. The van der Waals surface area contributed by atoms with Crippen LogP contribution in [0.1, 0.15) is 29.6 Å². The second kappa shape index (κ2) is 9.04. The van der Waals surface area contributed by atoms with E-state index in [4.69, 9.17) is 5.41 Å². The summed E-state index contributed by atoms with van der Waals surface area (Å²) in [6, 6.07) is 4.08. The Bertz CT molecular complexity index is 902. The average molecular weight is 421 g/mol. The minimum atomic E-state index is -3.96. The number of anilines is 1. The SMILES string of the molecule is CS(=O)(=O)OC(=O)c1ccc(N2CCCCC2)c(S(C)(=O)=O)c1.N=C(N)N. The minimum absolute atomic E-state index is 0.00218. The molecule has 5 N–H and O–H groups in total. The first-order valence-corrected chi connectivity index (χ1v) is 11.6. The summed E-state index contributed by atoms with van der Waals surface area (Å²) in [6.45, 7) is 1.49. The van der Waals surface area contributed by atoms with Crippen molar-refractivity contribution in [1.29, 1.82) is 5.41 Å². The Kier molecular flexibility index (Phi) is 7.60. The van der Waals surface area contributed by atoms with E-state index in [9.17, 15) is 21.6 Å². The van der Waals surface area contributed by atoms with Crippen LogP contribution in [0.2, 0.25) is 0 Å². The molecule has 0 bridgehead atoms. The summed E-state index contributed by atoms with van der Waals surface area (Å²) in [6.07, 6.45) is 4.86. The van der Waals surface area contributed by atoms with Crippen molar-refractivity contribution in [1.82, 2.24) is 0 Å². The van der Waals surface area contributed by atoms with Crippen LogP contribution in [-0.4, -0.2) is 54.4 Å². The van der Waals surface area contributed by atoms with Gasteiger partial charge >= 0.3 is 16.1 Å². The number of benzene rings is 1. The van der Waals surface area contributed by atoms with Crippen molar-refractivity contribution in [2.75, 3.05) is 30.5 Å². The van der Waals surface area contributed by atoms with E-state index >= 15 is 0 Å². The zero-order valence-electron chi connectivity index (χ0n) is 15.1. The van der Waals surface area contributed by atoms with Crippen LogP contribution in [-0.2, 0) is 24.1 Å². The Morgan fingerprint density at radius 3 is 2.04 bits per heavy atom. The second-order valence-corrected chi connectivity index (χ2v) is 9.59. The van der Waals surface area contributed by atoms with E-state index in [1.54, 1.807) is 0 Å². The maximum atomic E-state index is 12.1. The van der Waals surface area contributed by atoms with Gasteiger partial charge in [0, 0.05) is 19.3 Å². The van der Waals surface area contributed by atoms with Gasteiger partial charge in [-0.3, -0.25) is 5.41 Å². The quantitative estimate of drug-likeness (QED) is 0.345. The lowest BCUT2D eigenvalue weighted by molar-refractivity contribution is 0.0748. The molecule has 0 unspecified atom stereocenters.